The minimum Gasteiger partial charge on any atom is -0.293 e. The van der Waals surface area contributed by atoms with Crippen LogP contribution in [0.3, 0.4) is 0 Å². The van der Waals surface area contributed by atoms with E-state index in [2.05, 4.69) is 15.9 Å². The molecule has 0 aliphatic carbocycles. The average molecular weight is 307 g/mol. The molecule has 2 aromatic rings. The smallest absolute Gasteiger partial charge is 0.176 e. The maximum Gasteiger partial charge on any atom is 0.176 e. The van der Waals surface area contributed by atoms with Crippen LogP contribution in [-0.2, 0) is 6.42 Å². The average Bonchev–Trinajstić information content (AvgIpc) is 2.40. The minimum atomic E-state index is -0.333. The highest BCUT2D eigenvalue weighted by atomic mass is 79.9. The predicted octanol–water partition coefficient (Wildman–Crippen LogP) is 4.01. The van der Waals surface area contributed by atoms with Crippen LogP contribution in [0.25, 0.3) is 0 Å². The molecule has 0 heterocycles. The molecule has 0 N–H and O–H groups in total. The highest BCUT2D eigenvalue weighted by Gasteiger charge is 2.17. The van der Waals surface area contributed by atoms with Crippen molar-refractivity contribution in [2.24, 2.45) is 0 Å². The standard InChI is InChI=1S/C15H12BrFO/c16-14(10-11-4-2-1-3-5-11)15(18)12-6-8-13(17)9-7-12/h1-9,14H,10H2. The molecule has 18 heavy (non-hydrogen) atoms. The van der Waals surface area contributed by atoms with E-state index < -0.39 is 0 Å². The number of hydrogen-bond donors (Lipinski definition) is 0. The lowest BCUT2D eigenvalue weighted by Crippen LogP contribution is -2.16. The van der Waals surface area contributed by atoms with E-state index in [1.54, 1.807) is 0 Å². The molecule has 0 saturated heterocycles. The molecule has 0 spiro atoms. The third kappa shape index (κ3) is 3.26. The zero-order valence-corrected chi connectivity index (χ0v) is 11.2. The number of carbonyl (C=O) groups excluding carboxylic acids is 1. The van der Waals surface area contributed by atoms with Crippen LogP contribution in [-0.4, -0.2) is 10.6 Å². The number of rotatable bonds is 4. The minimum absolute atomic E-state index is 0.0288. The second-order valence-corrected chi connectivity index (χ2v) is 5.13. The topological polar surface area (TPSA) is 17.1 Å². The van der Waals surface area contributed by atoms with E-state index in [0.717, 1.165) is 5.56 Å². The van der Waals surface area contributed by atoms with Crippen molar-refractivity contribution >= 4 is 21.7 Å². The van der Waals surface area contributed by atoms with Gasteiger partial charge in [-0.1, -0.05) is 46.3 Å². The second-order valence-electron chi connectivity index (χ2n) is 4.03. The van der Waals surface area contributed by atoms with Gasteiger partial charge in [0.05, 0.1) is 4.83 Å². The summed E-state index contributed by atoms with van der Waals surface area (Å²) >= 11 is 3.39. The molecule has 0 fully saturated rings. The molecule has 0 saturated carbocycles. The molecule has 1 unspecified atom stereocenters. The van der Waals surface area contributed by atoms with Gasteiger partial charge in [0.1, 0.15) is 5.82 Å². The van der Waals surface area contributed by atoms with Crippen molar-refractivity contribution in [1.29, 1.82) is 0 Å². The molecular weight excluding hydrogens is 295 g/mol. The number of benzene rings is 2. The van der Waals surface area contributed by atoms with Gasteiger partial charge in [0.25, 0.3) is 0 Å². The molecule has 0 amide bonds. The monoisotopic (exact) mass is 306 g/mol. The summed E-state index contributed by atoms with van der Waals surface area (Å²) in [5.74, 6) is -0.361. The molecule has 0 radical (unpaired) electrons. The molecule has 1 nitrogen and oxygen atoms in total. The van der Waals surface area contributed by atoms with Gasteiger partial charge >= 0.3 is 0 Å². The fourth-order valence-electron chi connectivity index (χ4n) is 1.71. The lowest BCUT2D eigenvalue weighted by Gasteiger charge is -2.09. The molecule has 0 aromatic heterocycles. The van der Waals surface area contributed by atoms with E-state index in [1.165, 1.54) is 24.3 Å². The first-order chi connectivity index (χ1) is 8.66. The Balaban J connectivity index is 2.07. The van der Waals surface area contributed by atoms with E-state index in [0.29, 0.717) is 12.0 Å². The molecule has 1 atom stereocenters. The van der Waals surface area contributed by atoms with E-state index >= 15 is 0 Å². The summed E-state index contributed by atoms with van der Waals surface area (Å²) in [4.78, 5) is 11.8. The summed E-state index contributed by atoms with van der Waals surface area (Å²) < 4.78 is 12.8. The summed E-state index contributed by atoms with van der Waals surface area (Å²) in [5.41, 5.74) is 1.61. The van der Waals surface area contributed by atoms with Gasteiger partial charge in [-0.25, -0.2) is 4.39 Å². The molecule has 3 heteroatoms. The van der Waals surface area contributed by atoms with Crippen LogP contribution in [0.5, 0.6) is 0 Å². The number of Topliss-reactive ketones (excluding diaryl/α,β-unsaturated/α-hetero) is 1. The molecule has 2 aromatic carbocycles. The third-order valence-electron chi connectivity index (χ3n) is 2.67. The Kier molecular flexibility index (Phi) is 4.26. The Hall–Kier alpha value is -1.48. The largest absolute Gasteiger partial charge is 0.293 e. The highest BCUT2D eigenvalue weighted by molar-refractivity contribution is 9.10. The fourth-order valence-corrected chi connectivity index (χ4v) is 2.35. The van der Waals surface area contributed by atoms with Gasteiger partial charge in [0.15, 0.2) is 5.78 Å². The summed E-state index contributed by atoms with van der Waals surface area (Å²) in [5, 5.41) is 0. The Bertz CT molecular complexity index is 522. The van der Waals surface area contributed by atoms with Gasteiger partial charge in [0.2, 0.25) is 0 Å². The van der Waals surface area contributed by atoms with Crippen LogP contribution in [0.4, 0.5) is 4.39 Å². The number of hydrogen-bond acceptors (Lipinski definition) is 1. The zero-order valence-electron chi connectivity index (χ0n) is 9.64. The van der Waals surface area contributed by atoms with Gasteiger partial charge in [-0.05, 0) is 36.2 Å². The lowest BCUT2D eigenvalue weighted by atomic mass is 10.0. The fraction of sp³-hybridized carbons (Fsp3) is 0.133. The highest BCUT2D eigenvalue weighted by Crippen LogP contribution is 2.16. The molecule has 0 aliphatic rings. The van der Waals surface area contributed by atoms with Crippen molar-refractivity contribution in [1.82, 2.24) is 0 Å². The Morgan fingerprint density at radius 3 is 2.28 bits per heavy atom. The van der Waals surface area contributed by atoms with E-state index in [-0.39, 0.29) is 16.4 Å². The van der Waals surface area contributed by atoms with Crippen molar-refractivity contribution in [3.63, 3.8) is 0 Å². The van der Waals surface area contributed by atoms with E-state index in [4.69, 9.17) is 0 Å². The molecule has 2 rings (SSSR count). The third-order valence-corrected chi connectivity index (χ3v) is 3.41. The van der Waals surface area contributed by atoms with Crippen LogP contribution in [0, 0.1) is 5.82 Å². The van der Waals surface area contributed by atoms with Gasteiger partial charge in [-0.15, -0.1) is 0 Å². The van der Waals surface area contributed by atoms with Crippen LogP contribution in [0.15, 0.2) is 54.6 Å². The summed E-state index contributed by atoms with van der Waals surface area (Å²) in [6, 6.07) is 15.4. The number of ketones is 1. The Morgan fingerprint density at radius 1 is 1.06 bits per heavy atom. The van der Waals surface area contributed by atoms with Gasteiger partial charge in [-0.3, -0.25) is 4.79 Å². The SMILES string of the molecule is O=C(c1ccc(F)cc1)C(Br)Cc1ccccc1. The summed E-state index contributed by atoms with van der Waals surface area (Å²) in [6.07, 6.45) is 0.622. The second kappa shape index (κ2) is 5.91. The van der Waals surface area contributed by atoms with Crippen LogP contribution >= 0.6 is 15.9 Å². The maximum absolute atomic E-state index is 12.8. The Labute approximate surface area is 114 Å². The summed E-state index contributed by atoms with van der Waals surface area (Å²) in [7, 11) is 0. The van der Waals surface area contributed by atoms with Crippen molar-refractivity contribution < 1.29 is 9.18 Å². The first kappa shape index (κ1) is 13.0. The summed E-state index contributed by atoms with van der Waals surface area (Å²) in [6.45, 7) is 0. The maximum atomic E-state index is 12.8. The van der Waals surface area contributed by atoms with Crippen molar-refractivity contribution in [2.45, 2.75) is 11.2 Å². The number of alkyl halides is 1. The Morgan fingerprint density at radius 2 is 1.67 bits per heavy atom. The predicted molar refractivity (Wildman–Crippen MR) is 73.6 cm³/mol. The van der Waals surface area contributed by atoms with E-state index in [1.807, 2.05) is 30.3 Å². The van der Waals surface area contributed by atoms with Crippen molar-refractivity contribution in [3.05, 3.63) is 71.5 Å². The quantitative estimate of drug-likeness (QED) is 0.616. The van der Waals surface area contributed by atoms with Gasteiger partial charge < -0.3 is 0 Å². The first-order valence-corrected chi connectivity index (χ1v) is 6.56. The molecule has 92 valence electrons. The van der Waals surface area contributed by atoms with Crippen molar-refractivity contribution in [3.8, 4) is 0 Å². The van der Waals surface area contributed by atoms with Gasteiger partial charge in [-0.2, -0.15) is 0 Å². The molecule has 0 aliphatic heterocycles. The molecule has 0 bridgehead atoms. The van der Waals surface area contributed by atoms with Crippen LogP contribution < -0.4 is 0 Å². The van der Waals surface area contributed by atoms with Crippen molar-refractivity contribution in [2.75, 3.05) is 0 Å². The van der Waals surface area contributed by atoms with E-state index in [9.17, 15) is 9.18 Å². The molecular formula is C15H12BrFO. The van der Waals surface area contributed by atoms with Crippen LogP contribution in [0.2, 0.25) is 0 Å². The number of halogens is 2. The number of carbonyl (C=O) groups is 1. The zero-order chi connectivity index (χ0) is 13.0. The van der Waals surface area contributed by atoms with Crippen LogP contribution in [0.1, 0.15) is 15.9 Å². The normalized spacial score (nSPS) is 12.1. The van der Waals surface area contributed by atoms with Gasteiger partial charge in [0, 0.05) is 5.56 Å². The first-order valence-electron chi connectivity index (χ1n) is 5.64. The lowest BCUT2D eigenvalue weighted by molar-refractivity contribution is 0.0991.